The Hall–Kier alpha value is -0.780. The molecule has 1 heterocycles. The molecular formula is C13H16BrClN2O2. The summed E-state index contributed by atoms with van der Waals surface area (Å²) in [6, 6.07) is 5.96. The first-order valence-corrected chi connectivity index (χ1v) is 7.37. The fourth-order valence-corrected chi connectivity index (χ4v) is 2.69. The van der Waals surface area contributed by atoms with Gasteiger partial charge in [0.25, 0.3) is 0 Å². The summed E-state index contributed by atoms with van der Waals surface area (Å²) in [5, 5.41) is 9.60. The van der Waals surface area contributed by atoms with Crippen molar-refractivity contribution in [2.45, 2.75) is 6.42 Å². The molecular weight excluding hydrogens is 332 g/mol. The van der Waals surface area contributed by atoms with Gasteiger partial charge in [0, 0.05) is 37.2 Å². The first-order valence-electron chi connectivity index (χ1n) is 6.20. The van der Waals surface area contributed by atoms with Gasteiger partial charge in [-0.05, 0) is 40.0 Å². The van der Waals surface area contributed by atoms with Crippen LogP contribution in [-0.2, 0) is 6.42 Å². The number of carbonyl (C=O) groups is 1. The molecule has 19 heavy (non-hydrogen) atoms. The molecule has 0 atom stereocenters. The van der Waals surface area contributed by atoms with Gasteiger partial charge >= 0.3 is 6.09 Å². The van der Waals surface area contributed by atoms with E-state index in [0.29, 0.717) is 13.1 Å². The van der Waals surface area contributed by atoms with Gasteiger partial charge in [-0.2, -0.15) is 0 Å². The van der Waals surface area contributed by atoms with Crippen LogP contribution in [0.5, 0.6) is 0 Å². The van der Waals surface area contributed by atoms with Crippen LogP contribution in [0.2, 0.25) is 5.02 Å². The lowest BCUT2D eigenvalue weighted by Crippen LogP contribution is -2.48. The molecule has 1 aromatic rings. The summed E-state index contributed by atoms with van der Waals surface area (Å²) in [6.45, 7) is 3.75. The minimum absolute atomic E-state index is 0.597. The number of carboxylic acid groups (broad SMARTS) is 1. The predicted molar refractivity (Wildman–Crippen MR) is 78.9 cm³/mol. The van der Waals surface area contributed by atoms with Gasteiger partial charge in [-0.15, -0.1) is 0 Å². The highest BCUT2D eigenvalue weighted by Crippen LogP contribution is 2.23. The average molecular weight is 348 g/mol. The number of amides is 1. The number of benzene rings is 1. The molecule has 1 fully saturated rings. The molecule has 2 rings (SSSR count). The van der Waals surface area contributed by atoms with E-state index in [0.717, 1.165) is 35.6 Å². The number of hydrogen-bond acceptors (Lipinski definition) is 2. The maximum atomic E-state index is 10.8. The number of halogens is 2. The minimum Gasteiger partial charge on any atom is -0.465 e. The first kappa shape index (κ1) is 14.6. The Labute approximate surface area is 126 Å². The van der Waals surface area contributed by atoms with Crippen LogP contribution < -0.4 is 0 Å². The third-order valence-electron chi connectivity index (χ3n) is 3.34. The maximum Gasteiger partial charge on any atom is 0.407 e. The summed E-state index contributed by atoms with van der Waals surface area (Å²) in [5.41, 5.74) is 1.23. The quantitative estimate of drug-likeness (QED) is 0.914. The molecule has 1 amide bonds. The largest absolute Gasteiger partial charge is 0.465 e. The zero-order chi connectivity index (χ0) is 13.8. The molecule has 0 spiro atoms. The second-order valence-corrected chi connectivity index (χ2v) is 5.87. The van der Waals surface area contributed by atoms with Gasteiger partial charge in [-0.1, -0.05) is 17.7 Å². The van der Waals surface area contributed by atoms with Gasteiger partial charge < -0.3 is 10.0 Å². The minimum atomic E-state index is -0.818. The predicted octanol–water partition coefficient (Wildman–Crippen LogP) is 2.94. The van der Waals surface area contributed by atoms with Crippen LogP contribution in [0.4, 0.5) is 4.79 Å². The molecule has 1 aliphatic heterocycles. The average Bonchev–Trinajstić information content (AvgIpc) is 2.40. The van der Waals surface area contributed by atoms with Crippen molar-refractivity contribution in [1.82, 2.24) is 9.80 Å². The Bertz CT molecular complexity index is 462. The molecule has 0 saturated carbocycles. The number of piperazine rings is 1. The van der Waals surface area contributed by atoms with E-state index < -0.39 is 6.09 Å². The van der Waals surface area contributed by atoms with Crippen molar-refractivity contribution >= 4 is 33.6 Å². The normalized spacial score (nSPS) is 16.6. The van der Waals surface area contributed by atoms with E-state index in [1.807, 2.05) is 18.2 Å². The van der Waals surface area contributed by atoms with Crippen molar-refractivity contribution in [3.63, 3.8) is 0 Å². The Kier molecular flexibility index (Phi) is 5.07. The van der Waals surface area contributed by atoms with E-state index in [2.05, 4.69) is 20.8 Å². The van der Waals surface area contributed by atoms with Gasteiger partial charge in [-0.3, -0.25) is 4.90 Å². The summed E-state index contributed by atoms with van der Waals surface area (Å²) < 4.78 is 0.919. The van der Waals surface area contributed by atoms with Gasteiger partial charge in [0.15, 0.2) is 0 Å². The van der Waals surface area contributed by atoms with Gasteiger partial charge in [0.2, 0.25) is 0 Å². The van der Waals surface area contributed by atoms with E-state index in [1.165, 1.54) is 10.5 Å². The van der Waals surface area contributed by atoms with Crippen LogP contribution in [0.1, 0.15) is 5.56 Å². The van der Waals surface area contributed by atoms with Crippen LogP contribution in [0, 0.1) is 0 Å². The van der Waals surface area contributed by atoms with Crippen molar-refractivity contribution in [1.29, 1.82) is 0 Å². The third-order valence-corrected chi connectivity index (χ3v) is 4.56. The monoisotopic (exact) mass is 346 g/mol. The van der Waals surface area contributed by atoms with E-state index in [4.69, 9.17) is 16.7 Å². The summed E-state index contributed by atoms with van der Waals surface area (Å²) in [6.07, 6.45) is 0.129. The molecule has 6 heteroatoms. The number of nitrogens with zero attached hydrogens (tertiary/aromatic N) is 2. The Morgan fingerprint density at radius 3 is 2.58 bits per heavy atom. The summed E-state index contributed by atoms with van der Waals surface area (Å²) in [7, 11) is 0. The fraction of sp³-hybridized carbons (Fsp3) is 0.462. The smallest absolute Gasteiger partial charge is 0.407 e. The topological polar surface area (TPSA) is 43.8 Å². The second-order valence-electron chi connectivity index (χ2n) is 4.61. The van der Waals surface area contributed by atoms with Crippen molar-refractivity contribution < 1.29 is 9.90 Å². The molecule has 1 aromatic carbocycles. The highest BCUT2D eigenvalue weighted by molar-refractivity contribution is 9.10. The molecule has 1 saturated heterocycles. The lowest BCUT2D eigenvalue weighted by atomic mass is 10.1. The van der Waals surface area contributed by atoms with Crippen LogP contribution >= 0.6 is 27.5 Å². The van der Waals surface area contributed by atoms with Crippen LogP contribution in [0.3, 0.4) is 0 Å². The Morgan fingerprint density at radius 2 is 2.00 bits per heavy atom. The fourth-order valence-electron chi connectivity index (χ4n) is 2.15. The van der Waals surface area contributed by atoms with Crippen LogP contribution in [-0.4, -0.2) is 53.7 Å². The Morgan fingerprint density at radius 1 is 1.32 bits per heavy atom. The maximum absolute atomic E-state index is 10.8. The van der Waals surface area contributed by atoms with Gasteiger partial charge in [0.05, 0.1) is 5.02 Å². The van der Waals surface area contributed by atoms with Gasteiger partial charge in [0.1, 0.15) is 0 Å². The van der Waals surface area contributed by atoms with Gasteiger partial charge in [-0.25, -0.2) is 4.79 Å². The molecule has 104 valence electrons. The third kappa shape index (κ3) is 4.09. The van der Waals surface area contributed by atoms with Crippen molar-refractivity contribution in [3.8, 4) is 0 Å². The molecule has 0 bridgehead atoms. The van der Waals surface area contributed by atoms with E-state index >= 15 is 0 Å². The van der Waals surface area contributed by atoms with Crippen molar-refractivity contribution in [3.05, 3.63) is 33.3 Å². The standard InChI is InChI=1S/C13H16BrClN2O2/c14-11-9-10(1-2-12(11)15)3-4-16-5-7-17(8-6-16)13(18)19/h1-2,9H,3-8H2,(H,18,19). The molecule has 0 unspecified atom stereocenters. The molecule has 0 aliphatic carbocycles. The molecule has 4 nitrogen and oxygen atoms in total. The van der Waals surface area contributed by atoms with E-state index in [1.54, 1.807) is 0 Å². The zero-order valence-electron chi connectivity index (χ0n) is 10.5. The highest BCUT2D eigenvalue weighted by atomic mass is 79.9. The van der Waals surface area contributed by atoms with E-state index in [9.17, 15) is 4.79 Å². The molecule has 0 aromatic heterocycles. The highest BCUT2D eigenvalue weighted by Gasteiger charge is 2.19. The SMILES string of the molecule is O=C(O)N1CCN(CCc2ccc(Cl)c(Br)c2)CC1. The summed E-state index contributed by atoms with van der Waals surface area (Å²) >= 11 is 9.38. The van der Waals surface area contributed by atoms with E-state index in [-0.39, 0.29) is 0 Å². The lowest BCUT2D eigenvalue weighted by molar-refractivity contribution is 0.106. The molecule has 1 aliphatic rings. The summed E-state index contributed by atoms with van der Waals surface area (Å²) in [5.74, 6) is 0. The van der Waals surface area contributed by atoms with Crippen molar-refractivity contribution in [2.75, 3.05) is 32.7 Å². The van der Waals surface area contributed by atoms with Crippen LogP contribution in [0.15, 0.2) is 22.7 Å². The second kappa shape index (κ2) is 6.59. The molecule has 0 radical (unpaired) electrons. The van der Waals surface area contributed by atoms with Crippen LogP contribution in [0.25, 0.3) is 0 Å². The lowest BCUT2D eigenvalue weighted by Gasteiger charge is -2.33. The number of hydrogen-bond donors (Lipinski definition) is 1. The molecule has 1 N–H and O–H groups in total. The zero-order valence-corrected chi connectivity index (χ0v) is 12.8. The Balaban J connectivity index is 1.80. The first-order chi connectivity index (χ1) is 9.06. The van der Waals surface area contributed by atoms with Crippen molar-refractivity contribution in [2.24, 2.45) is 0 Å². The summed E-state index contributed by atoms with van der Waals surface area (Å²) in [4.78, 5) is 14.6. The number of rotatable bonds is 3.